The summed E-state index contributed by atoms with van der Waals surface area (Å²) in [5, 5.41) is 5.45. The van der Waals surface area contributed by atoms with Crippen LogP contribution in [0.4, 0.5) is 4.79 Å². The zero-order chi connectivity index (χ0) is 23.2. The Morgan fingerprint density at radius 2 is 1.77 bits per heavy atom. The molecule has 1 unspecified atom stereocenters. The number of amides is 3. The number of imide groups is 1. The molecular weight excluding hydrogens is 416 g/mol. The molecule has 9 heteroatoms. The molecular formula is C22H38N2O6Si. The monoisotopic (exact) mass is 454 g/mol. The molecule has 0 aromatic heterocycles. The average Bonchev–Trinajstić information content (AvgIpc) is 3.31. The third-order valence-electron chi connectivity index (χ3n) is 7.38. The van der Waals surface area contributed by atoms with E-state index in [4.69, 9.17) is 18.6 Å². The quantitative estimate of drug-likeness (QED) is 0.363. The van der Waals surface area contributed by atoms with Gasteiger partial charge in [-0.3, -0.25) is 10.1 Å². The van der Waals surface area contributed by atoms with Crippen LogP contribution in [0.15, 0.2) is 12.3 Å². The van der Waals surface area contributed by atoms with Crippen molar-refractivity contribution in [3.8, 4) is 0 Å². The van der Waals surface area contributed by atoms with Crippen LogP contribution in [0.1, 0.15) is 47.5 Å². The third kappa shape index (κ3) is 4.84. The lowest BCUT2D eigenvalue weighted by molar-refractivity contribution is -0.166. The van der Waals surface area contributed by atoms with Gasteiger partial charge < -0.3 is 24.0 Å². The topological polar surface area (TPSA) is 95.1 Å². The van der Waals surface area contributed by atoms with E-state index in [1.807, 2.05) is 13.8 Å². The molecule has 176 valence electrons. The molecule has 0 aromatic rings. The summed E-state index contributed by atoms with van der Waals surface area (Å²) in [6.07, 6.45) is 3.90. The van der Waals surface area contributed by atoms with Gasteiger partial charge in [-0.15, -0.1) is 0 Å². The summed E-state index contributed by atoms with van der Waals surface area (Å²) in [7, 11) is -0.501. The normalized spacial score (nSPS) is 31.0. The Morgan fingerprint density at radius 3 is 2.32 bits per heavy atom. The standard InChI is InChI=1S/C22H38N2O6Si/c1-20(2,3)31(7,8)28-13-14-16-17(30-21(4,5)29-16)18(22(14)10-11-22)24-19(26)23-15(25)9-12-27-6/h9,12,14,16-18H,10-11,13H2,1-8H3,(H2,23,24,25,26)/b12-9+/t14-,16?,17+,18+/m1/s1. The molecule has 3 fully saturated rings. The molecule has 1 spiro atoms. The van der Waals surface area contributed by atoms with Crippen molar-refractivity contribution < 1.29 is 28.2 Å². The van der Waals surface area contributed by atoms with Crippen molar-refractivity contribution >= 4 is 20.3 Å². The highest BCUT2D eigenvalue weighted by atomic mass is 28.4. The fraction of sp³-hybridized carbons (Fsp3) is 0.818. The van der Waals surface area contributed by atoms with Gasteiger partial charge in [0, 0.05) is 24.0 Å². The molecule has 2 saturated carbocycles. The Bertz CT molecular complexity index is 741. The largest absolute Gasteiger partial charge is 0.504 e. The Labute approximate surface area is 186 Å². The summed E-state index contributed by atoms with van der Waals surface area (Å²) in [6.45, 7) is 15.6. The van der Waals surface area contributed by atoms with Gasteiger partial charge in [0.25, 0.3) is 5.91 Å². The Kier molecular flexibility index (Phi) is 6.38. The van der Waals surface area contributed by atoms with Crippen LogP contribution in [0, 0.1) is 11.3 Å². The molecule has 31 heavy (non-hydrogen) atoms. The minimum absolute atomic E-state index is 0.113. The molecule has 2 aliphatic carbocycles. The van der Waals surface area contributed by atoms with Gasteiger partial charge in [0.15, 0.2) is 14.1 Å². The Hall–Kier alpha value is -1.42. The van der Waals surface area contributed by atoms with Crippen molar-refractivity contribution in [2.24, 2.45) is 11.3 Å². The van der Waals surface area contributed by atoms with Crippen LogP contribution in [-0.2, 0) is 23.4 Å². The number of carbonyl (C=O) groups is 2. The number of urea groups is 1. The van der Waals surface area contributed by atoms with E-state index in [0.717, 1.165) is 18.9 Å². The van der Waals surface area contributed by atoms with Crippen LogP contribution >= 0.6 is 0 Å². The predicted molar refractivity (Wildman–Crippen MR) is 119 cm³/mol. The fourth-order valence-corrected chi connectivity index (χ4v) is 5.59. The second kappa shape index (κ2) is 8.17. The number of hydrogen-bond acceptors (Lipinski definition) is 6. The van der Waals surface area contributed by atoms with Crippen molar-refractivity contribution in [2.45, 2.75) is 89.6 Å². The molecule has 1 heterocycles. The van der Waals surface area contributed by atoms with Crippen molar-refractivity contribution in [2.75, 3.05) is 13.7 Å². The second-order valence-corrected chi connectivity index (χ2v) is 15.8. The van der Waals surface area contributed by atoms with E-state index in [1.165, 1.54) is 13.4 Å². The SMILES string of the molecule is CO/C=C/C(=O)NC(=O)N[C@H]1[C@H]2OC(C)(C)OC2[C@@H](CO[Si](C)(C)C(C)(C)C)C12CC2. The number of carbonyl (C=O) groups excluding carboxylic acids is 2. The smallest absolute Gasteiger partial charge is 0.322 e. The highest BCUT2D eigenvalue weighted by molar-refractivity contribution is 6.74. The van der Waals surface area contributed by atoms with E-state index in [-0.39, 0.29) is 34.6 Å². The first-order valence-electron chi connectivity index (χ1n) is 11.0. The molecule has 2 N–H and O–H groups in total. The lowest BCUT2D eigenvalue weighted by Gasteiger charge is -2.38. The van der Waals surface area contributed by atoms with Crippen molar-refractivity contribution in [1.82, 2.24) is 10.6 Å². The highest BCUT2D eigenvalue weighted by Crippen LogP contribution is 2.64. The summed E-state index contributed by atoms with van der Waals surface area (Å²) in [6, 6.07) is -0.786. The van der Waals surface area contributed by atoms with Crippen LogP contribution in [0.2, 0.25) is 18.1 Å². The maximum Gasteiger partial charge on any atom is 0.322 e. The molecule has 8 nitrogen and oxygen atoms in total. The zero-order valence-corrected chi connectivity index (χ0v) is 21.0. The first kappa shape index (κ1) is 24.2. The Balaban J connectivity index is 1.76. The maximum absolute atomic E-state index is 12.6. The highest BCUT2D eigenvalue weighted by Gasteiger charge is 2.71. The summed E-state index contributed by atoms with van der Waals surface area (Å²) < 4.78 is 23.9. The molecule has 4 atom stereocenters. The van der Waals surface area contributed by atoms with E-state index >= 15 is 0 Å². The maximum atomic E-state index is 12.6. The van der Waals surface area contributed by atoms with Gasteiger partial charge >= 0.3 is 6.03 Å². The van der Waals surface area contributed by atoms with E-state index < -0.39 is 26.0 Å². The molecule has 1 saturated heterocycles. The first-order chi connectivity index (χ1) is 14.2. The van der Waals surface area contributed by atoms with E-state index in [1.54, 1.807) is 0 Å². The van der Waals surface area contributed by atoms with Gasteiger partial charge in [0.1, 0.15) is 6.10 Å². The molecule has 0 radical (unpaired) electrons. The van der Waals surface area contributed by atoms with Crippen LogP contribution in [0.25, 0.3) is 0 Å². The van der Waals surface area contributed by atoms with Crippen molar-refractivity contribution in [1.29, 1.82) is 0 Å². The summed E-state index contributed by atoms with van der Waals surface area (Å²) in [5.74, 6) is -1.14. The van der Waals surface area contributed by atoms with Gasteiger partial charge in [-0.05, 0) is 44.8 Å². The summed E-state index contributed by atoms with van der Waals surface area (Å²) >= 11 is 0. The second-order valence-electron chi connectivity index (χ2n) is 11.0. The third-order valence-corrected chi connectivity index (χ3v) is 11.9. The van der Waals surface area contributed by atoms with Gasteiger partial charge in [0.05, 0.1) is 25.5 Å². The Morgan fingerprint density at radius 1 is 1.16 bits per heavy atom. The molecule has 0 bridgehead atoms. The minimum Gasteiger partial charge on any atom is -0.504 e. The summed E-state index contributed by atoms with van der Waals surface area (Å²) in [5.41, 5.74) is -0.128. The summed E-state index contributed by atoms with van der Waals surface area (Å²) in [4.78, 5) is 24.4. The van der Waals surface area contributed by atoms with Gasteiger partial charge in [0.2, 0.25) is 0 Å². The minimum atomic E-state index is -1.94. The van der Waals surface area contributed by atoms with Crippen LogP contribution in [0.3, 0.4) is 0 Å². The molecule has 3 amide bonds. The number of methoxy groups -OCH3 is 1. The van der Waals surface area contributed by atoms with E-state index in [9.17, 15) is 9.59 Å². The van der Waals surface area contributed by atoms with Crippen LogP contribution < -0.4 is 10.6 Å². The van der Waals surface area contributed by atoms with Crippen molar-refractivity contribution in [3.63, 3.8) is 0 Å². The molecule has 3 rings (SSSR count). The van der Waals surface area contributed by atoms with E-state index in [2.05, 4.69) is 44.5 Å². The average molecular weight is 455 g/mol. The molecule has 0 aromatic carbocycles. The first-order valence-corrected chi connectivity index (χ1v) is 13.9. The zero-order valence-electron chi connectivity index (χ0n) is 20.0. The van der Waals surface area contributed by atoms with Crippen LogP contribution in [-0.4, -0.2) is 58.0 Å². The van der Waals surface area contributed by atoms with Crippen LogP contribution in [0.5, 0.6) is 0 Å². The predicted octanol–water partition coefficient (Wildman–Crippen LogP) is 3.29. The fourth-order valence-electron chi connectivity index (χ4n) is 4.56. The number of hydrogen-bond donors (Lipinski definition) is 2. The van der Waals surface area contributed by atoms with Gasteiger partial charge in [-0.1, -0.05) is 20.8 Å². The lowest BCUT2D eigenvalue weighted by Crippen LogP contribution is -2.52. The molecule has 3 aliphatic rings. The van der Waals surface area contributed by atoms with E-state index in [0.29, 0.717) is 6.61 Å². The number of rotatable bonds is 6. The van der Waals surface area contributed by atoms with Gasteiger partial charge in [-0.25, -0.2) is 4.79 Å². The number of nitrogens with one attached hydrogen (secondary N) is 2. The van der Waals surface area contributed by atoms with Gasteiger partial charge in [-0.2, -0.15) is 0 Å². The number of fused-ring (bicyclic) bond motifs is 1. The molecule has 1 aliphatic heterocycles. The number of ether oxygens (including phenoxy) is 3. The lowest BCUT2D eigenvalue weighted by atomic mass is 9.89. The van der Waals surface area contributed by atoms with Crippen molar-refractivity contribution in [3.05, 3.63) is 12.3 Å².